The van der Waals surface area contributed by atoms with Gasteiger partial charge in [-0.2, -0.15) is 26.7 Å². The summed E-state index contributed by atoms with van der Waals surface area (Å²) < 4.78 is 5.35. The van der Waals surface area contributed by atoms with Gasteiger partial charge in [-0.1, -0.05) is 0 Å². The molecule has 2 fully saturated rings. The van der Waals surface area contributed by atoms with Crippen LogP contribution >= 0.6 is 11.8 Å². The number of anilines is 3. The van der Waals surface area contributed by atoms with Gasteiger partial charge < -0.3 is 20.7 Å². The molecule has 2 saturated heterocycles. The highest BCUT2D eigenvalue weighted by Crippen LogP contribution is 2.23. The van der Waals surface area contributed by atoms with Crippen LogP contribution in [0.25, 0.3) is 0 Å². The molecule has 0 aliphatic carbocycles. The molecule has 0 amide bonds. The normalized spacial score (nSPS) is 20.5. The fourth-order valence-corrected chi connectivity index (χ4v) is 3.75. The number of nitrogens with two attached hydrogens (primary N) is 1. The third kappa shape index (κ3) is 4.10. The molecule has 0 radical (unpaired) electrons. The highest BCUT2D eigenvalue weighted by atomic mass is 32.2. The first-order chi connectivity index (χ1) is 10.3. The summed E-state index contributed by atoms with van der Waals surface area (Å²) in [5.41, 5.74) is 5.81. The molecule has 3 N–H and O–H groups in total. The Hall–Kier alpha value is -1.28. The van der Waals surface area contributed by atoms with Crippen molar-refractivity contribution in [3.05, 3.63) is 0 Å². The minimum Gasteiger partial charge on any atom is -0.378 e. The number of thioether (sulfide) groups is 1. The van der Waals surface area contributed by atoms with Gasteiger partial charge in [0.2, 0.25) is 17.8 Å². The zero-order valence-corrected chi connectivity index (χ0v) is 12.9. The van der Waals surface area contributed by atoms with E-state index < -0.39 is 0 Å². The van der Waals surface area contributed by atoms with Crippen LogP contribution in [-0.4, -0.2) is 59.3 Å². The Kier molecular flexibility index (Phi) is 4.97. The Morgan fingerprint density at radius 1 is 1.19 bits per heavy atom. The molecule has 0 spiro atoms. The van der Waals surface area contributed by atoms with Gasteiger partial charge in [-0.15, -0.1) is 0 Å². The van der Waals surface area contributed by atoms with Crippen molar-refractivity contribution in [2.45, 2.75) is 12.8 Å². The van der Waals surface area contributed by atoms with Crippen LogP contribution in [0, 0.1) is 5.92 Å². The van der Waals surface area contributed by atoms with Crippen molar-refractivity contribution in [1.29, 1.82) is 0 Å². The highest BCUT2D eigenvalue weighted by molar-refractivity contribution is 7.99. The van der Waals surface area contributed by atoms with Crippen molar-refractivity contribution < 1.29 is 4.74 Å². The van der Waals surface area contributed by atoms with Crippen molar-refractivity contribution in [3.63, 3.8) is 0 Å². The number of morpholine rings is 1. The summed E-state index contributed by atoms with van der Waals surface area (Å²) in [6, 6.07) is 0. The van der Waals surface area contributed by atoms with E-state index in [4.69, 9.17) is 10.5 Å². The number of nitrogens with zero attached hydrogens (tertiary/aromatic N) is 4. The van der Waals surface area contributed by atoms with E-state index in [2.05, 4.69) is 25.2 Å². The van der Waals surface area contributed by atoms with Gasteiger partial charge in [-0.3, -0.25) is 0 Å². The standard InChI is InChI=1S/C13H22N6OS/c14-11-16-12(15-9-10-1-7-21-8-2-10)18-13(17-11)19-3-5-20-6-4-19/h10H,1-9H2,(H3,14,15,16,17,18). The molecule has 1 aromatic heterocycles. The van der Waals surface area contributed by atoms with E-state index in [9.17, 15) is 0 Å². The number of nitrogens with one attached hydrogen (secondary N) is 1. The zero-order valence-electron chi connectivity index (χ0n) is 12.1. The smallest absolute Gasteiger partial charge is 0.232 e. The van der Waals surface area contributed by atoms with Crippen molar-refractivity contribution >= 4 is 29.6 Å². The molecule has 3 heterocycles. The molecule has 0 atom stereocenters. The van der Waals surface area contributed by atoms with Crippen LogP contribution in [0.3, 0.4) is 0 Å². The molecule has 2 aliphatic rings. The van der Waals surface area contributed by atoms with Gasteiger partial charge in [-0.05, 0) is 30.3 Å². The molecule has 8 heteroatoms. The van der Waals surface area contributed by atoms with E-state index in [1.165, 1.54) is 24.3 Å². The Morgan fingerprint density at radius 2 is 1.95 bits per heavy atom. The Balaban J connectivity index is 1.62. The zero-order chi connectivity index (χ0) is 14.5. The molecule has 0 aromatic carbocycles. The number of ether oxygens (including phenoxy) is 1. The van der Waals surface area contributed by atoms with Gasteiger partial charge >= 0.3 is 0 Å². The quantitative estimate of drug-likeness (QED) is 0.846. The second-order valence-electron chi connectivity index (χ2n) is 5.35. The highest BCUT2D eigenvalue weighted by Gasteiger charge is 2.17. The Labute approximate surface area is 129 Å². The molecular formula is C13H22N6OS. The second-order valence-corrected chi connectivity index (χ2v) is 6.58. The van der Waals surface area contributed by atoms with E-state index >= 15 is 0 Å². The van der Waals surface area contributed by atoms with E-state index in [0.717, 1.165) is 19.6 Å². The van der Waals surface area contributed by atoms with Gasteiger partial charge in [0, 0.05) is 19.6 Å². The summed E-state index contributed by atoms with van der Waals surface area (Å²) in [5.74, 6) is 4.72. The maximum atomic E-state index is 5.81. The van der Waals surface area contributed by atoms with E-state index in [1.807, 2.05) is 11.8 Å². The summed E-state index contributed by atoms with van der Waals surface area (Å²) >= 11 is 2.04. The summed E-state index contributed by atoms with van der Waals surface area (Å²) in [6.07, 6.45) is 2.52. The number of hydrogen-bond acceptors (Lipinski definition) is 8. The largest absolute Gasteiger partial charge is 0.378 e. The molecule has 0 bridgehead atoms. The lowest BCUT2D eigenvalue weighted by Crippen LogP contribution is -2.37. The maximum Gasteiger partial charge on any atom is 0.232 e. The second kappa shape index (κ2) is 7.13. The number of rotatable bonds is 4. The average Bonchev–Trinajstić information content (AvgIpc) is 2.54. The van der Waals surface area contributed by atoms with Crippen LogP contribution in [0.2, 0.25) is 0 Å². The molecule has 1 aromatic rings. The Bertz CT molecular complexity index is 462. The van der Waals surface area contributed by atoms with E-state index in [0.29, 0.717) is 31.0 Å². The average molecular weight is 310 g/mol. The van der Waals surface area contributed by atoms with Gasteiger partial charge in [0.05, 0.1) is 13.2 Å². The number of hydrogen-bond donors (Lipinski definition) is 2. The lowest BCUT2D eigenvalue weighted by atomic mass is 10.0. The van der Waals surface area contributed by atoms with Crippen molar-refractivity contribution in [1.82, 2.24) is 15.0 Å². The van der Waals surface area contributed by atoms with Crippen LogP contribution in [0.1, 0.15) is 12.8 Å². The van der Waals surface area contributed by atoms with Crippen LogP contribution < -0.4 is 16.0 Å². The van der Waals surface area contributed by atoms with E-state index in [1.54, 1.807) is 0 Å². The maximum absolute atomic E-state index is 5.81. The van der Waals surface area contributed by atoms with E-state index in [-0.39, 0.29) is 5.95 Å². The summed E-state index contributed by atoms with van der Waals surface area (Å²) in [5, 5.41) is 3.33. The summed E-state index contributed by atoms with van der Waals surface area (Å²) in [4.78, 5) is 15.0. The van der Waals surface area contributed by atoms with Gasteiger partial charge in [0.1, 0.15) is 0 Å². The summed E-state index contributed by atoms with van der Waals surface area (Å²) in [6.45, 7) is 3.90. The molecular weight excluding hydrogens is 288 g/mol. The van der Waals surface area contributed by atoms with Crippen molar-refractivity contribution in [3.8, 4) is 0 Å². The first-order valence-corrected chi connectivity index (χ1v) is 8.62. The van der Waals surface area contributed by atoms with Crippen molar-refractivity contribution in [2.24, 2.45) is 5.92 Å². The fourth-order valence-electron chi connectivity index (χ4n) is 2.55. The first-order valence-electron chi connectivity index (χ1n) is 7.47. The molecule has 0 unspecified atom stereocenters. The van der Waals surface area contributed by atoms with Gasteiger partial charge in [-0.25, -0.2) is 0 Å². The SMILES string of the molecule is Nc1nc(NCC2CCSCC2)nc(N2CCOCC2)n1. The Morgan fingerprint density at radius 3 is 2.71 bits per heavy atom. The van der Waals surface area contributed by atoms with Crippen LogP contribution in [0.4, 0.5) is 17.8 Å². The lowest BCUT2D eigenvalue weighted by Gasteiger charge is -2.27. The van der Waals surface area contributed by atoms with Gasteiger partial charge in [0.15, 0.2) is 0 Å². The number of nitrogen functional groups attached to an aromatic ring is 1. The predicted molar refractivity (Wildman–Crippen MR) is 85.8 cm³/mol. The summed E-state index contributed by atoms with van der Waals surface area (Å²) in [7, 11) is 0. The molecule has 2 aliphatic heterocycles. The first kappa shape index (κ1) is 14.6. The van der Waals surface area contributed by atoms with Crippen LogP contribution in [-0.2, 0) is 4.74 Å². The minimum absolute atomic E-state index is 0.271. The fraction of sp³-hybridized carbons (Fsp3) is 0.769. The molecule has 0 saturated carbocycles. The van der Waals surface area contributed by atoms with Crippen molar-refractivity contribution in [2.75, 3.05) is 60.3 Å². The predicted octanol–water partition coefficient (Wildman–Crippen LogP) is 0.845. The monoisotopic (exact) mass is 310 g/mol. The van der Waals surface area contributed by atoms with Crippen LogP contribution in [0.15, 0.2) is 0 Å². The molecule has 116 valence electrons. The minimum atomic E-state index is 0.271. The van der Waals surface area contributed by atoms with Crippen LogP contribution in [0.5, 0.6) is 0 Å². The molecule has 3 rings (SSSR count). The van der Waals surface area contributed by atoms with Gasteiger partial charge in [0.25, 0.3) is 0 Å². The topological polar surface area (TPSA) is 89.2 Å². The third-order valence-corrected chi connectivity index (χ3v) is 4.87. The number of aromatic nitrogens is 3. The lowest BCUT2D eigenvalue weighted by molar-refractivity contribution is 0.122. The third-order valence-electron chi connectivity index (χ3n) is 3.82. The molecule has 21 heavy (non-hydrogen) atoms. The molecule has 7 nitrogen and oxygen atoms in total.